The fourth-order valence-electron chi connectivity index (χ4n) is 3.71. The van der Waals surface area contributed by atoms with Crippen LogP contribution in [0, 0.1) is 0 Å². The molecule has 0 aliphatic heterocycles. The average molecular weight is 610 g/mol. The van der Waals surface area contributed by atoms with E-state index >= 15 is 0 Å². The summed E-state index contributed by atoms with van der Waals surface area (Å²) < 4.78 is 33.4. The van der Waals surface area contributed by atoms with Gasteiger partial charge in [0.05, 0.1) is 38.2 Å². The lowest BCUT2D eigenvalue weighted by molar-refractivity contribution is -0.158. The third kappa shape index (κ3) is 8.38. The number of ether oxygens (including phenoxy) is 6. The van der Waals surface area contributed by atoms with Crippen molar-refractivity contribution in [3.63, 3.8) is 0 Å². The number of Topliss-reactive ketones (excluding diaryl/α,β-unsaturated/α-hetero) is 1. The topological polar surface area (TPSA) is 102 Å². The third-order valence-electron chi connectivity index (χ3n) is 6.42. The van der Waals surface area contributed by atoms with E-state index in [1.54, 1.807) is 78.4 Å². The Morgan fingerprint density at radius 1 is 0.767 bits per heavy atom. The molecule has 1 heterocycles. The summed E-state index contributed by atoms with van der Waals surface area (Å²) in [5.41, 5.74) is -0.0433. The minimum absolute atomic E-state index is 0.0418. The smallest absolute Gasteiger partial charge is 0.349 e. The van der Waals surface area contributed by atoms with E-state index in [1.807, 2.05) is 36.4 Å². The maximum absolute atomic E-state index is 11.8. The molecule has 3 aromatic carbocycles. The quantitative estimate of drug-likeness (QED) is 0.164. The summed E-state index contributed by atoms with van der Waals surface area (Å²) in [5, 5.41) is 0.923. The Labute approximate surface area is 256 Å². The van der Waals surface area contributed by atoms with Gasteiger partial charge in [0.2, 0.25) is 0 Å². The molecule has 0 bridgehead atoms. The number of rotatable bonds is 11. The minimum atomic E-state index is -1.09. The molecule has 0 amide bonds. The summed E-state index contributed by atoms with van der Waals surface area (Å²) in [6.07, 6.45) is 0. The molecule has 10 heteroatoms. The van der Waals surface area contributed by atoms with Crippen LogP contribution in [0.4, 0.5) is 0 Å². The summed E-state index contributed by atoms with van der Waals surface area (Å²) in [5.74, 6) is 2.27. The van der Waals surface area contributed by atoms with Crippen molar-refractivity contribution in [1.82, 2.24) is 4.98 Å². The number of nitrogens with zero attached hydrogens (tertiary/aromatic N) is 1. The first-order valence-corrected chi connectivity index (χ1v) is 14.5. The molecule has 0 unspecified atom stereocenters. The number of methoxy groups -OCH3 is 3. The van der Waals surface area contributed by atoms with Gasteiger partial charge in [0, 0.05) is 11.6 Å². The zero-order chi connectivity index (χ0) is 31.8. The number of esters is 1. The Morgan fingerprint density at radius 3 is 1.95 bits per heavy atom. The lowest BCUT2D eigenvalue weighted by Crippen LogP contribution is -2.39. The fourth-order valence-corrected chi connectivity index (χ4v) is 4.67. The van der Waals surface area contributed by atoms with Crippen LogP contribution >= 0.6 is 11.3 Å². The highest BCUT2D eigenvalue weighted by molar-refractivity contribution is 7.21. The van der Waals surface area contributed by atoms with Crippen molar-refractivity contribution in [2.24, 2.45) is 0 Å². The Morgan fingerprint density at radius 2 is 1.37 bits per heavy atom. The number of aromatic nitrogens is 1. The van der Waals surface area contributed by atoms with Gasteiger partial charge >= 0.3 is 5.97 Å². The molecule has 0 radical (unpaired) electrons. The van der Waals surface area contributed by atoms with Gasteiger partial charge in [-0.05, 0) is 84.0 Å². The van der Waals surface area contributed by atoms with E-state index in [9.17, 15) is 9.59 Å². The van der Waals surface area contributed by atoms with Gasteiger partial charge in [0.15, 0.2) is 40.0 Å². The molecule has 4 aromatic rings. The van der Waals surface area contributed by atoms with E-state index < -0.39 is 17.2 Å². The van der Waals surface area contributed by atoms with Crippen LogP contribution in [0.25, 0.3) is 20.8 Å². The predicted octanol–water partition coefficient (Wildman–Crippen LogP) is 7.14. The lowest BCUT2D eigenvalue weighted by Gasteiger charge is -2.25. The van der Waals surface area contributed by atoms with Gasteiger partial charge in [-0.1, -0.05) is 12.1 Å². The van der Waals surface area contributed by atoms with Gasteiger partial charge in [-0.15, -0.1) is 11.3 Å². The summed E-state index contributed by atoms with van der Waals surface area (Å²) in [7, 11) is 4.68. The molecular formula is C33H39NO8S. The van der Waals surface area contributed by atoms with E-state index in [0.29, 0.717) is 35.4 Å². The summed E-state index contributed by atoms with van der Waals surface area (Å²) in [6.45, 7) is 10.4. The van der Waals surface area contributed by atoms with Crippen LogP contribution in [-0.2, 0) is 14.3 Å². The summed E-state index contributed by atoms with van der Waals surface area (Å²) in [6, 6.07) is 18.8. The maximum Gasteiger partial charge on any atom is 0.349 e. The monoisotopic (exact) mass is 609 g/mol. The molecule has 0 N–H and O–H groups in total. The van der Waals surface area contributed by atoms with Crippen molar-refractivity contribution in [2.45, 2.75) is 52.7 Å². The highest BCUT2D eigenvalue weighted by atomic mass is 32.1. The molecule has 4 rings (SSSR count). The Kier molecular flexibility index (Phi) is 11.0. The van der Waals surface area contributed by atoms with E-state index in [2.05, 4.69) is 11.1 Å². The van der Waals surface area contributed by atoms with Crippen LogP contribution in [0.15, 0.2) is 60.7 Å². The Bertz CT molecular complexity index is 1530. The normalized spacial score (nSPS) is 11.2. The molecule has 0 aliphatic rings. The first kappa shape index (κ1) is 33.2. The Balaban J connectivity index is 0.000000243. The zero-order valence-electron chi connectivity index (χ0n) is 26.1. The standard InChI is InChI=1S/C19H19NO3S.C14H20O5/c1-12(21)19(2,3)23-15-10-9-13(11-16(15)22-4)18-20-14-7-5-6-8-17(14)24-18;1-6-18-13(15)14(2,3)19-11-8-7-10(16-4)9-12(11)17-5/h5-11H,1-4H3;7-9H,6H2,1-5H3. The Hall–Kier alpha value is -4.31. The van der Waals surface area contributed by atoms with Gasteiger partial charge in [-0.2, -0.15) is 0 Å². The third-order valence-corrected chi connectivity index (χ3v) is 7.51. The second-order valence-electron chi connectivity index (χ2n) is 10.4. The van der Waals surface area contributed by atoms with Crippen LogP contribution < -0.4 is 23.7 Å². The largest absolute Gasteiger partial charge is 0.497 e. The van der Waals surface area contributed by atoms with Gasteiger partial charge in [0.25, 0.3) is 0 Å². The molecule has 0 saturated carbocycles. The number of hydrogen-bond donors (Lipinski definition) is 0. The molecule has 0 aliphatic carbocycles. The van der Waals surface area contributed by atoms with Crippen LogP contribution in [0.5, 0.6) is 28.7 Å². The number of thiazole rings is 1. The minimum Gasteiger partial charge on any atom is -0.497 e. The van der Waals surface area contributed by atoms with Crippen molar-refractivity contribution in [2.75, 3.05) is 27.9 Å². The van der Waals surface area contributed by atoms with Crippen molar-refractivity contribution in [1.29, 1.82) is 0 Å². The molecule has 0 fully saturated rings. The number of para-hydroxylation sites is 1. The van der Waals surface area contributed by atoms with E-state index in [-0.39, 0.29) is 5.78 Å². The van der Waals surface area contributed by atoms with E-state index in [4.69, 9.17) is 28.4 Å². The lowest BCUT2D eigenvalue weighted by atomic mass is 10.1. The molecule has 0 saturated heterocycles. The van der Waals surface area contributed by atoms with Crippen LogP contribution in [0.1, 0.15) is 41.5 Å². The van der Waals surface area contributed by atoms with Crippen molar-refractivity contribution in [3.8, 4) is 39.3 Å². The fraction of sp³-hybridized carbons (Fsp3) is 0.364. The van der Waals surface area contributed by atoms with Crippen LogP contribution in [0.2, 0.25) is 0 Å². The van der Waals surface area contributed by atoms with Gasteiger partial charge in [-0.25, -0.2) is 9.78 Å². The van der Waals surface area contributed by atoms with Crippen molar-refractivity contribution < 1.29 is 38.0 Å². The summed E-state index contributed by atoms with van der Waals surface area (Å²) in [4.78, 5) is 28.1. The maximum atomic E-state index is 11.8. The molecule has 0 spiro atoms. The number of carbonyl (C=O) groups excluding carboxylic acids is 2. The predicted molar refractivity (Wildman–Crippen MR) is 168 cm³/mol. The molecular weight excluding hydrogens is 570 g/mol. The van der Waals surface area contributed by atoms with Gasteiger partial charge < -0.3 is 28.4 Å². The molecule has 43 heavy (non-hydrogen) atoms. The van der Waals surface area contributed by atoms with Crippen LogP contribution in [0.3, 0.4) is 0 Å². The first-order chi connectivity index (χ1) is 20.3. The second-order valence-corrected chi connectivity index (χ2v) is 11.4. The first-order valence-electron chi connectivity index (χ1n) is 13.7. The highest BCUT2D eigenvalue weighted by Gasteiger charge is 2.32. The second kappa shape index (κ2) is 14.2. The highest BCUT2D eigenvalue weighted by Crippen LogP contribution is 2.37. The molecule has 9 nitrogen and oxygen atoms in total. The van der Waals surface area contributed by atoms with Gasteiger partial charge in [-0.3, -0.25) is 4.79 Å². The number of carbonyl (C=O) groups is 2. The van der Waals surface area contributed by atoms with Crippen LogP contribution in [-0.4, -0.2) is 55.9 Å². The van der Waals surface area contributed by atoms with Gasteiger partial charge in [0.1, 0.15) is 10.8 Å². The average Bonchev–Trinajstić information content (AvgIpc) is 3.42. The summed E-state index contributed by atoms with van der Waals surface area (Å²) >= 11 is 1.63. The SMILES string of the molecule is CCOC(=O)C(C)(C)Oc1ccc(OC)cc1OC.COc1cc(-c2nc3ccccc3s2)ccc1OC(C)(C)C(C)=O. The molecule has 230 valence electrons. The van der Waals surface area contributed by atoms with Crippen molar-refractivity contribution >= 4 is 33.3 Å². The van der Waals surface area contributed by atoms with E-state index in [0.717, 1.165) is 20.8 Å². The number of ketones is 1. The number of benzene rings is 3. The van der Waals surface area contributed by atoms with E-state index in [1.165, 1.54) is 14.0 Å². The van der Waals surface area contributed by atoms with Crippen molar-refractivity contribution in [3.05, 3.63) is 60.7 Å². The number of fused-ring (bicyclic) bond motifs is 1. The molecule has 1 aromatic heterocycles. The zero-order valence-corrected chi connectivity index (χ0v) is 26.9. The number of hydrogen-bond acceptors (Lipinski definition) is 10. The molecule has 0 atom stereocenters.